The molecule has 1 aliphatic rings. The molecule has 0 bridgehead atoms. The quantitative estimate of drug-likeness (QED) is 0.798. The lowest BCUT2D eigenvalue weighted by Gasteiger charge is -2.28. The first kappa shape index (κ1) is 16.1. The molecule has 24 heavy (non-hydrogen) atoms. The van der Waals surface area contributed by atoms with Crippen LogP contribution in [0.15, 0.2) is 52.4 Å². The molecule has 124 valence electrons. The third-order valence-electron chi connectivity index (χ3n) is 3.75. The number of allylic oxidation sites excluding steroid dienone is 1. The maximum atomic E-state index is 12.8. The average Bonchev–Trinajstić information content (AvgIpc) is 3.08. The third-order valence-corrected chi connectivity index (χ3v) is 4.45. The summed E-state index contributed by atoms with van der Waals surface area (Å²) in [5, 5.41) is 12.1. The average molecular weight is 343 g/mol. The number of hydrogen-bond donors (Lipinski definition) is 3. The van der Waals surface area contributed by atoms with Crippen molar-refractivity contribution < 1.29 is 14.3 Å². The number of carbonyl (C=O) groups excluding carboxylic acids is 2. The summed E-state index contributed by atoms with van der Waals surface area (Å²) in [4.78, 5) is 24.6. The van der Waals surface area contributed by atoms with E-state index in [1.807, 2.05) is 29.0 Å². The molecule has 0 unspecified atom stereocenters. The summed E-state index contributed by atoms with van der Waals surface area (Å²) in [6, 6.07) is 8.27. The van der Waals surface area contributed by atoms with Crippen LogP contribution in [0.5, 0.6) is 5.75 Å². The second kappa shape index (κ2) is 6.76. The Labute approximate surface area is 143 Å². The number of urea groups is 1. The largest absolute Gasteiger partial charge is 0.495 e. The molecule has 2 aromatic rings. The summed E-state index contributed by atoms with van der Waals surface area (Å²) in [7, 11) is 1.55. The van der Waals surface area contributed by atoms with Crippen molar-refractivity contribution in [3.8, 4) is 5.75 Å². The number of methoxy groups -OCH3 is 1. The molecular weight excluding hydrogens is 326 g/mol. The fraction of sp³-hybridized carbons (Fsp3) is 0.176. The highest BCUT2D eigenvalue weighted by molar-refractivity contribution is 7.08. The van der Waals surface area contributed by atoms with E-state index in [4.69, 9.17) is 4.74 Å². The zero-order valence-electron chi connectivity index (χ0n) is 13.3. The second-order valence-electron chi connectivity index (χ2n) is 5.28. The second-order valence-corrected chi connectivity index (χ2v) is 6.06. The molecule has 0 saturated heterocycles. The molecular formula is C17H17N3O3S. The number of carbonyl (C=O) groups is 2. The standard InChI is InChI=1S/C17H17N3O3S/c1-10-14(15(20-17(22)18-10)11-7-8-24-9-11)16(21)19-12-5-3-4-6-13(12)23-2/h3-9,15H,1-2H3,(H,19,21)(H2,18,20,22)/t15-/m1/s1. The first-order valence-electron chi connectivity index (χ1n) is 7.35. The van der Waals surface area contributed by atoms with Crippen molar-refractivity contribution in [2.45, 2.75) is 13.0 Å². The third kappa shape index (κ3) is 3.11. The minimum Gasteiger partial charge on any atom is -0.495 e. The Kier molecular flexibility index (Phi) is 4.52. The van der Waals surface area contributed by atoms with E-state index in [0.717, 1.165) is 5.56 Å². The van der Waals surface area contributed by atoms with Crippen molar-refractivity contribution in [1.29, 1.82) is 0 Å². The fourth-order valence-corrected chi connectivity index (χ4v) is 3.31. The monoisotopic (exact) mass is 343 g/mol. The van der Waals surface area contributed by atoms with Crippen molar-refractivity contribution in [2.75, 3.05) is 12.4 Å². The topological polar surface area (TPSA) is 79.5 Å². The van der Waals surface area contributed by atoms with Gasteiger partial charge < -0.3 is 20.7 Å². The molecule has 1 aromatic heterocycles. The van der Waals surface area contributed by atoms with E-state index in [2.05, 4.69) is 16.0 Å². The maximum absolute atomic E-state index is 12.8. The zero-order chi connectivity index (χ0) is 17.1. The Hall–Kier alpha value is -2.80. The number of hydrogen-bond acceptors (Lipinski definition) is 4. The predicted molar refractivity (Wildman–Crippen MR) is 93.1 cm³/mol. The van der Waals surface area contributed by atoms with E-state index in [0.29, 0.717) is 22.7 Å². The molecule has 3 N–H and O–H groups in total. The molecule has 1 aliphatic heterocycles. The van der Waals surface area contributed by atoms with E-state index in [-0.39, 0.29) is 11.9 Å². The van der Waals surface area contributed by atoms with Gasteiger partial charge in [0.2, 0.25) is 0 Å². The van der Waals surface area contributed by atoms with Gasteiger partial charge in [-0.15, -0.1) is 0 Å². The van der Waals surface area contributed by atoms with Gasteiger partial charge in [0, 0.05) is 5.70 Å². The first-order chi connectivity index (χ1) is 11.6. The molecule has 0 spiro atoms. The number of thiophene rings is 1. The lowest BCUT2D eigenvalue weighted by molar-refractivity contribution is -0.113. The van der Waals surface area contributed by atoms with Gasteiger partial charge in [-0.1, -0.05) is 12.1 Å². The Morgan fingerprint density at radius 3 is 2.79 bits per heavy atom. The summed E-state index contributed by atoms with van der Waals surface area (Å²) >= 11 is 1.51. The summed E-state index contributed by atoms with van der Waals surface area (Å²) in [5.41, 5.74) is 2.45. The molecule has 0 radical (unpaired) electrons. The number of ether oxygens (including phenoxy) is 1. The van der Waals surface area contributed by atoms with Gasteiger partial charge in [0.15, 0.2) is 0 Å². The number of rotatable bonds is 4. The highest BCUT2D eigenvalue weighted by Crippen LogP contribution is 2.30. The van der Waals surface area contributed by atoms with Crippen LogP contribution in [0.3, 0.4) is 0 Å². The molecule has 3 amide bonds. The van der Waals surface area contributed by atoms with Crippen LogP contribution in [-0.2, 0) is 4.79 Å². The van der Waals surface area contributed by atoms with Crippen LogP contribution in [0.2, 0.25) is 0 Å². The van der Waals surface area contributed by atoms with E-state index >= 15 is 0 Å². The van der Waals surface area contributed by atoms with Crippen molar-refractivity contribution in [1.82, 2.24) is 10.6 Å². The summed E-state index contributed by atoms with van der Waals surface area (Å²) in [6.45, 7) is 1.72. The molecule has 0 fully saturated rings. The highest BCUT2D eigenvalue weighted by atomic mass is 32.1. The van der Waals surface area contributed by atoms with E-state index in [1.54, 1.807) is 26.2 Å². The minimum absolute atomic E-state index is 0.291. The van der Waals surface area contributed by atoms with E-state index in [9.17, 15) is 9.59 Å². The van der Waals surface area contributed by atoms with E-state index < -0.39 is 6.04 Å². The van der Waals surface area contributed by atoms with Crippen LogP contribution in [0.25, 0.3) is 0 Å². The first-order valence-corrected chi connectivity index (χ1v) is 8.29. The minimum atomic E-state index is -0.486. The molecule has 7 heteroatoms. The molecule has 0 aliphatic carbocycles. The Balaban J connectivity index is 1.93. The van der Waals surface area contributed by atoms with Gasteiger partial charge in [0.1, 0.15) is 5.75 Å². The Morgan fingerprint density at radius 2 is 2.08 bits per heavy atom. The molecule has 2 heterocycles. The zero-order valence-corrected chi connectivity index (χ0v) is 14.1. The van der Waals surface area contributed by atoms with Crippen LogP contribution in [0, 0.1) is 0 Å². The lowest BCUT2D eigenvalue weighted by Crippen LogP contribution is -2.45. The molecule has 1 aromatic carbocycles. The SMILES string of the molecule is COc1ccccc1NC(=O)C1=C(C)NC(=O)N[C@@H]1c1ccsc1. The van der Waals surface area contributed by atoms with Crippen molar-refractivity contribution >= 4 is 29.0 Å². The lowest BCUT2D eigenvalue weighted by atomic mass is 9.97. The van der Waals surface area contributed by atoms with Crippen LogP contribution in [-0.4, -0.2) is 19.0 Å². The van der Waals surface area contributed by atoms with Gasteiger partial charge in [-0.3, -0.25) is 4.79 Å². The van der Waals surface area contributed by atoms with E-state index in [1.165, 1.54) is 11.3 Å². The Bertz CT molecular complexity index is 799. The number of anilines is 1. The number of benzene rings is 1. The number of amides is 3. The van der Waals surface area contributed by atoms with Crippen molar-refractivity contribution in [3.05, 3.63) is 57.9 Å². The van der Waals surface area contributed by atoms with Crippen molar-refractivity contribution in [3.63, 3.8) is 0 Å². The number of para-hydroxylation sites is 2. The fourth-order valence-electron chi connectivity index (χ4n) is 2.62. The van der Waals surface area contributed by atoms with Crippen LogP contribution in [0.1, 0.15) is 18.5 Å². The van der Waals surface area contributed by atoms with Crippen LogP contribution < -0.4 is 20.7 Å². The van der Waals surface area contributed by atoms with Crippen molar-refractivity contribution in [2.24, 2.45) is 0 Å². The summed E-state index contributed by atoms with van der Waals surface area (Å²) in [6.07, 6.45) is 0. The smallest absolute Gasteiger partial charge is 0.319 e. The molecule has 6 nitrogen and oxygen atoms in total. The predicted octanol–water partition coefficient (Wildman–Crippen LogP) is 3.02. The van der Waals surface area contributed by atoms with Crippen LogP contribution in [0.4, 0.5) is 10.5 Å². The van der Waals surface area contributed by atoms with Crippen LogP contribution >= 0.6 is 11.3 Å². The van der Waals surface area contributed by atoms with Gasteiger partial charge in [-0.25, -0.2) is 4.79 Å². The maximum Gasteiger partial charge on any atom is 0.319 e. The summed E-state index contributed by atoms with van der Waals surface area (Å²) in [5.74, 6) is 0.282. The summed E-state index contributed by atoms with van der Waals surface area (Å²) < 4.78 is 5.26. The van der Waals surface area contributed by atoms with Gasteiger partial charge in [0.25, 0.3) is 5.91 Å². The van der Waals surface area contributed by atoms with Gasteiger partial charge in [-0.2, -0.15) is 11.3 Å². The highest BCUT2D eigenvalue weighted by Gasteiger charge is 2.31. The van der Waals surface area contributed by atoms with Gasteiger partial charge in [-0.05, 0) is 41.4 Å². The van der Waals surface area contributed by atoms with Gasteiger partial charge >= 0.3 is 6.03 Å². The normalized spacial score (nSPS) is 17.1. The molecule has 0 saturated carbocycles. The number of nitrogens with one attached hydrogen (secondary N) is 3. The molecule has 3 rings (SSSR count). The molecule has 1 atom stereocenters. The Morgan fingerprint density at radius 1 is 1.29 bits per heavy atom. The van der Waals surface area contributed by atoms with Gasteiger partial charge in [0.05, 0.1) is 24.4 Å².